The smallest absolute Gasteiger partial charge is 0.235 e. The van der Waals surface area contributed by atoms with E-state index >= 15 is 0 Å². The summed E-state index contributed by atoms with van der Waals surface area (Å²) in [5, 5.41) is 4.72. The first-order chi connectivity index (χ1) is 13.3. The fourth-order valence-corrected chi connectivity index (χ4v) is 4.00. The lowest BCUT2D eigenvalue weighted by atomic mass is 9.90. The summed E-state index contributed by atoms with van der Waals surface area (Å²) >= 11 is 0. The molecule has 7 nitrogen and oxygen atoms in total. The fourth-order valence-electron chi connectivity index (χ4n) is 4.00. The summed E-state index contributed by atoms with van der Waals surface area (Å²) < 4.78 is 23.9. The molecule has 2 aliphatic rings. The highest BCUT2D eigenvalue weighted by Gasteiger charge is 2.28. The topological polar surface area (TPSA) is 58.0 Å². The van der Waals surface area contributed by atoms with Gasteiger partial charge < -0.3 is 18.9 Å². The summed E-state index contributed by atoms with van der Waals surface area (Å²) in [4.78, 5) is 2.61. The van der Waals surface area contributed by atoms with Gasteiger partial charge in [-0.15, -0.1) is 5.10 Å². The van der Waals surface area contributed by atoms with Gasteiger partial charge in [-0.25, -0.2) is 0 Å². The number of methoxy groups -OCH3 is 1. The number of ether oxygens (including phenoxy) is 4. The van der Waals surface area contributed by atoms with Crippen LogP contribution in [0.3, 0.4) is 0 Å². The first-order valence-corrected chi connectivity index (χ1v) is 10.3. The van der Waals surface area contributed by atoms with Crippen LogP contribution in [-0.2, 0) is 14.2 Å². The van der Waals surface area contributed by atoms with Gasteiger partial charge in [-0.2, -0.15) is 0 Å². The number of rotatable bonds is 10. The van der Waals surface area contributed by atoms with Crippen LogP contribution in [0.1, 0.15) is 43.7 Å². The molecular formula is C20H35N3O4. The van der Waals surface area contributed by atoms with Crippen molar-refractivity contribution in [3.05, 3.63) is 11.8 Å². The van der Waals surface area contributed by atoms with E-state index in [1.807, 2.05) is 0 Å². The highest BCUT2D eigenvalue weighted by Crippen LogP contribution is 2.32. The van der Waals surface area contributed by atoms with Crippen molar-refractivity contribution in [1.29, 1.82) is 0 Å². The molecule has 3 rings (SSSR count). The van der Waals surface area contributed by atoms with E-state index in [4.69, 9.17) is 24.0 Å². The molecule has 1 saturated carbocycles. The van der Waals surface area contributed by atoms with Crippen LogP contribution in [0, 0.1) is 6.92 Å². The number of aromatic nitrogens is 2. The molecule has 0 radical (unpaired) electrons. The molecule has 0 bridgehead atoms. The molecule has 7 heteroatoms. The zero-order chi connectivity index (χ0) is 18.9. The maximum atomic E-state index is 5.87. The van der Waals surface area contributed by atoms with Crippen molar-refractivity contribution in [2.45, 2.75) is 51.1 Å². The van der Waals surface area contributed by atoms with Crippen LogP contribution in [0.25, 0.3) is 0 Å². The summed E-state index contributed by atoms with van der Waals surface area (Å²) in [7, 11) is 1.68. The monoisotopic (exact) mass is 381 g/mol. The van der Waals surface area contributed by atoms with E-state index in [1.54, 1.807) is 7.11 Å². The Balaban J connectivity index is 1.39. The number of aryl methyl sites for hydroxylation is 1. The quantitative estimate of drug-likeness (QED) is 0.580. The van der Waals surface area contributed by atoms with Crippen LogP contribution in [0.4, 0.5) is 0 Å². The Labute approximate surface area is 162 Å². The van der Waals surface area contributed by atoms with Crippen LogP contribution >= 0.6 is 0 Å². The van der Waals surface area contributed by atoms with Crippen molar-refractivity contribution in [2.75, 3.05) is 59.8 Å². The molecule has 1 aromatic heterocycles. The van der Waals surface area contributed by atoms with Gasteiger partial charge >= 0.3 is 0 Å². The Morgan fingerprint density at radius 1 is 1.04 bits per heavy atom. The Hall–Kier alpha value is -1.15. The molecule has 0 spiro atoms. The van der Waals surface area contributed by atoms with Crippen molar-refractivity contribution in [3.8, 4) is 5.88 Å². The molecule has 0 unspecified atom stereocenters. The fraction of sp³-hybridized carbons (Fsp3) is 0.850. The van der Waals surface area contributed by atoms with Crippen molar-refractivity contribution in [1.82, 2.24) is 14.7 Å². The number of morpholine rings is 1. The first-order valence-electron chi connectivity index (χ1n) is 10.3. The van der Waals surface area contributed by atoms with Crippen molar-refractivity contribution < 1.29 is 18.9 Å². The Bertz CT molecular complexity index is 537. The summed E-state index contributed by atoms with van der Waals surface area (Å²) in [6.45, 7) is 8.62. The maximum Gasteiger partial charge on any atom is 0.235 e. The van der Waals surface area contributed by atoms with E-state index in [2.05, 4.69) is 22.7 Å². The van der Waals surface area contributed by atoms with Crippen molar-refractivity contribution in [2.24, 2.45) is 0 Å². The molecule has 27 heavy (non-hydrogen) atoms. The first kappa shape index (κ1) is 20.6. The van der Waals surface area contributed by atoms with Crippen LogP contribution < -0.4 is 4.74 Å². The van der Waals surface area contributed by atoms with Gasteiger partial charge in [-0.1, -0.05) is 0 Å². The normalized spacial score (nSPS) is 24.2. The van der Waals surface area contributed by atoms with Crippen LogP contribution in [0.5, 0.6) is 5.88 Å². The largest absolute Gasteiger partial charge is 0.476 e. The molecule has 154 valence electrons. The lowest BCUT2D eigenvalue weighted by Crippen LogP contribution is -2.45. The standard InChI is InChI=1S/C20H35N3O4/c1-17-16-23(21-20(17)27-11-3-10-25-15-14-24-2)19-6-4-18(5-7-19)22-8-12-26-13-9-22/h16,18-19H,3-15H2,1-2H3. The van der Waals surface area contributed by atoms with Gasteiger partial charge in [-0.05, 0) is 32.6 Å². The Morgan fingerprint density at radius 3 is 2.52 bits per heavy atom. The van der Waals surface area contributed by atoms with Crippen LogP contribution in [-0.4, -0.2) is 80.6 Å². The zero-order valence-electron chi connectivity index (χ0n) is 16.9. The van der Waals surface area contributed by atoms with Gasteiger partial charge in [0.05, 0.1) is 39.1 Å². The second-order valence-corrected chi connectivity index (χ2v) is 7.52. The third-order valence-electron chi connectivity index (χ3n) is 5.58. The lowest BCUT2D eigenvalue weighted by molar-refractivity contribution is 0.00502. The maximum absolute atomic E-state index is 5.87. The predicted octanol–water partition coefficient (Wildman–Crippen LogP) is 2.44. The summed E-state index contributed by atoms with van der Waals surface area (Å²) in [5.41, 5.74) is 1.12. The summed E-state index contributed by atoms with van der Waals surface area (Å²) in [5.74, 6) is 0.766. The molecule has 1 aliphatic heterocycles. The molecule has 1 saturated heterocycles. The highest BCUT2D eigenvalue weighted by atomic mass is 16.5. The van der Waals surface area contributed by atoms with E-state index in [-0.39, 0.29) is 0 Å². The summed E-state index contributed by atoms with van der Waals surface area (Å²) in [6.07, 6.45) is 7.88. The lowest BCUT2D eigenvalue weighted by Gasteiger charge is -2.38. The average molecular weight is 382 g/mol. The molecule has 2 heterocycles. The van der Waals surface area contributed by atoms with Gasteiger partial charge in [0.25, 0.3) is 0 Å². The molecule has 0 amide bonds. The third kappa shape index (κ3) is 6.17. The Kier molecular flexibility index (Phi) is 8.38. The highest BCUT2D eigenvalue weighted by molar-refractivity contribution is 5.21. The van der Waals surface area contributed by atoms with Gasteiger partial charge in [-0.3, -0.25) is 9.58 Å². The second-order valence-electron chi connectivity index (χ2n) is 7.52. The SMILES string of the molecule is COCCOCCCOc1nn(C2CCC(N3CCOCC3)CC2)cc1C. The van der Waals surface area contributed by atoms with E-state index in [9.17, 15) is 0 Å². The molecule has 0 aromatic carbocycles. The van der Waals surface area contributed by atoms with Crippen molar-refractivity contribution >= 4 is 0 Å². The van der Waals surface area contributed by atoms with E-state index in [0.29, 0.717) is 32.5 Å². The second kappa shape index (κ2) is 11.0. The number of hydrogen-bond donors (Lipinski definition) is 0. The minimum Gasteiger partial charge on any atom is -0.476 e. The minimum atomic E-state index is 0.496. The van der Waals surface area contributed by atoms with E-state index in [1.165, 1.54) is 25.7 Å². The van der Waals surface area contributed by atoms with Gasteiger partial charge in [0.15, 0.2) is 0 Å². The third-order valence-corrected chi connectivity index (χ3v) is 5.58. The van der Waals surface area contributed by atoms with Crippen molar-refractivity contribution in [3.63, 3.8) is 0 Å². The molecule has 1 aliphatic carbocycles. The van der Waals surface area contributed by atoms with E-state index in [0.717, 1.165) is 50.2 Å². The van der Waals surface area contributed by atoms with E-state index < -0.39 is 0 Å². The van der Waals surface area contributed by atoms with Gasteiger partial charge in [0, 0.05) is 51.0 Å². The molecule has 0 N–H and O–H groups in total. The van der Waals surface area contributed by atoms with Crippen LogP contribution in [0.2, 0.25) is 0 Å². The predicted molar refractivity (Wildman–Crippen MR) is 103 cm³/mol. The van der Waals surface area contributed by atoms with Gasteiger partial charge in [0.1, 0.15) is 0 Å². The number of nitrogens with zero attached hydrogens (tertiary/aromatic N) is 3. The molecular weight excluding hydrogens is 346 g/mol. The summed E-state index contributed by atoms with van der Waals surface area (Å²) in [6, 6.07) is 1.21. The zero-order valence-corrected chi connectivity index (χ0v) is 16.9. The van der Waals surface area contributed by atoms with Gasteiger partial charge in [0.2, 0.25) is 5.88 Å². The average Bonchev–Trinajstić information content (AvgIpc) is 3.09. The minimum absolute atomic E-state index is 0.496. The molecule has 1 aromatic rings. The Morgan fingerprint density at radius 2 is 1.78 bits per heavy atom. The number of hydrogen-bond acceptors (Lipinski definition) is 6. The molecule has 2 fully saturated rings. The molecule has 0 atom stereocenters. The van der Waals surface area contributed by atoms with Crippen LogP contribution in [0.15, 0.2) is 6.20 Å².